The highest BCUT2D eigenvalue weighted by atomic mass is 17.0. The molecule has 6 N–H and O–H groups in total. The number of hydrogen-bond acceptors (Lipinski definition) is 4. The van der Waals surface area contributed by atoms with Gasteiger partial charge in [-0.3, -0.25) is 10.5 Å². The predicted octanol–water partition coefficient (Wildman–Crippen LogP) is 2.80. The van der Waals surface area contributed by atoms with E-state index in [-0.39, 0.29) is 0 Å². The maximum Gasteiger partial charge on any atom is 0.503 e. The first kappa shape index (κ1) is 19.9. The van der Waals surface area contributed by atoms with Gasteiger partial charge in [0, 0.05) is 0 Å². The molecule has 0 aliphatic heterocycles. The van der Waals surface area contributed by atoms with Crippen molar-refractivity contribution in [3.8, 4) is 0 Å². The van der Waals surface area contributed by atoms with E-state index in [9.17, 15) is 0 Å². The Balaban J connectivity index is -0.000000152. The number of carboxylic acid groups (broad SMARTS) is 4. The molecule has 0 bridgehead atoms. The molecule has 1 rings (SSSR count). The van der Waals surface area contributed by atoms with E-state index in [0.29, 0.717) is 0 Å². The fourth-order valence-electron chi connectivity index (χ4n) is 1.06. The lowest BCUT2D eigenvalue weighted by molar-refractivity contribution is -0.176. The van der Waals surface area contributed by atoms with E-state index >= 15 is 0 Å². The van der Waals surface area contributed by atoms with Crippen molar-refractivity contribution in [2.24, 2.45) is 0 Å². The highest BCUT2D eigenvalue weighted by Gasteiger charge is 1.95. The minimum atomic E-state index is -1.83. The number of hydrogen-bond donors (Lipinski definition) is 6. The van der Waals surface area contributed by atoms with E-state index in [4.69, 9.17) is 40.5 Å². The zero-order valence-corrected chi connectivity index (χ0v) is 8.74. The van der Waals surface area contributed by atoms with Crippen LogP contribution in [0.2, 0.25) is 0 Å². The highest BCUT2D eigenvalue weighted by Crippen LogP contribution is 2.15. The van der Waals surface area contributed by atoms with Crippen molar-refractivity contribution in [3.05, 3.63) is 0 Å². The van der Waals surface area contributed by atoms with Gasteiger partial charge in [0.05, 0.1) is 0 Å². The predicted molar refractivity (Wildman–Crippen MR) is 54.3 cm³/mol. The summed E-state index contributed by atoms with van der Waals surface area (Å²) in [4.78, 5) is 17.1. The Labute approximate surface area is 92.3 Å². The van der Waals surface area contributed by atoms with E-state index in [1.807, 2.05) is 0 Å². The summed E-state index contributed by atoms with van der Waals surface area (Å²) in [5.74, 6) is 0. The van der Waals surface area contributed by atoms with E-state index < -0.39 is 12.3 Å². The molecule has 8 heteroatoms. The molecule has 98 valence electrons. The molecule has 8 nitrogen and oxygen atoms in total. The topological polar surface area (TPSA) is 156 Å². The molecule has 0 aromatic carbocycles. The molecule has 0 unspecified atom stereocenters. The van der Waals surface area contributed by atoms with E-state index in [2.05, 4.69) is 0 Å². The molecule has 0 spiro atoms. The molecule has 1 aliphatic rings. The maximum atomic E-state index is 8.56. The fourth-order valence-corrected chi connectivity index (χ4v) is 1.06. The molecule has 0 radical (unpaired) electrons. The van der Waals surface area contributed by atoms with Gasteiger partial charge in [0.2, 0.25) is 0 Å². The third kappa shape index (κ3) is 82.3. The van der Waals surface area contributed by atoms with Gasteiger partial charge >= 0.3 is 12.3 Å². The van der Waals surface area contributed by atoms with Gasteiger partial charge in [0.25, 0.3) is 0 Å². The first-order valence-corrected chi connectivity index (χ1v) is 4.50. The van der Waals surface area contributed by atoms with Gasteiger partial charge in [-0.2, -0.15) is 0 Å². The number of carbonyl (C=O) groups is 2. The molecule has 16 heavy (non-hydrogen) atoms. The summed E-state index contributed by atoms with van der Waals surface area (Å²) in [6, 6.07) is 0. The summed E-state index contributed by atoms with van der Waals surface area (Å²) in [5, 5.41) is 39.9. The van der Waals surface area contributed by atoms with Crippen molar-refractivity contribution in [1.29, 1.82) is 0 Å². The van der Waals surface area contributed by atoms with Crippen LogP contribution in [-0.4, -0.2) is 43.3 Å². The summed E-state index contributed by atoms with van der Waals surface area (Å²) >= 11 is 0. The molecule has 1 saturated carbocycles. The molecule has 0 atom stereocenters. The lowest BCUT2D eigenvalue weighted by Gasteiger charge is -2.05. The maximum absolute atomic E-state index is 8.56. The van der Waals surface area contributed by atoms with Crippen LogP contribution in [0.1, 0.15) is 38.5 Å². The first-order valence-electron chi connectivity index (χ1n) is 4.50. The van der Waals surface area contributed by atoms with Crippen LogP contribution in [0.5, 0.6) is 0 Å². The zero-order valence-electron chi connectivity index (χ0n) is 8.74. The van der Waals surface area contributed by atoms with Crippen molar-refractivity contribution >= 4 is 12.3 Å². The summed E-state index contributed by atoms with van der Waals surface area (Å²) in [6.45, 7) is 0. The molecule has 1 aliphatic carbocycles. The third-order valence-electron chi connectivity index (χ3n) is 1.50. The van der Waals surface area contributed by atoms with Gasteiger partial charge in [-0.15, -0.1) is 0 Å². The van der Waals surface area contributed by atoms with Gasteiger partial charge in [0.15, 0.2) is 0 Å². The minimum absolute atomic E-state index is 1.50. The SMILES string of the molecule is C1CCCCC1.O=C(O)O.O=C(O)O.OO. The first-order chi connectivity index (χ1) is 7.46. The molecule has 0 amide bonds. The van der Waals surface area contributed by atoms with Crippen molar-refractivity contribution < 1.29 is 40.5 Å². The lowest BCUT2D eigenvalue weighted by atomic mass is 10.0. The summed E-state index contributed by atoms with van der Waals surface area (Å²) in [5.41, 5.74) is 0. The standard InChI is InChI=1S/C6H12.2CH2O3.H2O2/c1-2-4-6-5-3-1;2*2-1(3)4;1-2/h1-6H2;2*(H2,2,3,4);1-2H. The molecule has 1 fully saturated rings. The third-order valence-corrected chi connectivity index (χ3v) is 1.50. The van der Waals surface area contributed by atoms with E-state index in [0.717, 1.165) is 0 Å². The van der Waals surface area contributed by atoms with Crippen LogP contribution in [0.3, 0.4) is 0 Å². The van der Waals surface area contributed by atoms with Crippen LogP contribution in [0.4, 0.5) is 9.59 Å². The Bertz CT molecular complexity index is 123. The zero-order chi connectivity index (χ0) is 13.4. The molecular weight excluding hydrogens is 224 g/mol. The second kappa shape index (κ2) is 19.1. The second-order valence-corrected chi connectivity index (χ2v) is 2.69. The Morgan fingerprint density at radius 3 is 0.688 bits per heavy atom. The Kier molecular flexibility index (Phi) is 23.8. The average molecular weight is 242 g/mol. The van der Waals surface area contributed by atoms with Gasteiger partial charge in [-0.05, 0) is 0 Å². The van der Waals surface area contributed by atoms with Crippen LogP contribution in [0.25, 0.3) is 0 Å². The molecular formula is C8H18O8. The second-order valence-electron chi connectivity index (χ2n) is 2.69. The van der Waals surface area contributed by atoms with E-state index in [1.165, 1.54) is 38.5 Å². The van der Waals surface area contributed by atoms with Crippen LogP contribution < -0.4 is 0 Å². The molecule has 0 heterocycles. The van der Waals surface area contributed by atoms with Crippen molar-refractivity contribution in [1.82, 2.24) is 0 Å². The van der Waals surface area contributed by atoms with Crippen molar-refractivity contribution in [2.75, 3.05) is 0 Å². The highest BCUT2D eigenvalue weighted by molar-refractivity contribution is 5.53. The summed E-state index contributed by atoms with van der Waals surface area (Å²) in [6.07, 6.45) is 5.33. The summed E-state index contributed by atoms with van der Waals surface area (Å²) < 4.78 is 0. The van der Waals surface area contributed by atoms with Gasteiger partial charge < -0.3 is 20.4 Å². The monoisotopic (exact) mass is 242 g/mol. The van der Waals surface area contributed by atoms with Crippen LogP contribution >= 0.6 is 0 Å². The van der Waals surface area contributed by atoms with Crippen molar-refractivity contribution in [2.45, 2.75) is 38.5 Å². The molecule has 0 aromatic rings. The lowest BCUT2D eigenvalue weighted by Crippen LogP contribution is -1.85. The smallest absolute Gasteiger partial charge is 0.450 e. The van der Waals surface area contributed by atoms with Crippen LogP contribution in [-0.2, 0) is 0 Å². The van der Waals surface area contributed by atoms with Gasteiger partial charge in [0.1, 0.15) is 0 Å². The normalized spacial score (nSPS) is 12.4. The van der Waals surface area contributed by atoms with Gasteiger partial charge in [-0.1, -0.05) is 38.5 Å². The van der Waals surface area contributed by atoms with E-state index in [1.54, 1.807) is 0 Å². The molecule has 0 saturated heterocycles. The average Bonchev–Trinajstić information content (AvgIpc) is 2.22. The minimum Gasteiger partial charge on any atom is -0.450 e. The van der Waals surface area contributed by atoms with Crippen LogP contribution in [0, 0.1) is 0 Å². The Morgan fingerprint density at radius 2 is 0.625 bits per heavy atom. The molecule has 0 aromatic heterocycles. The quantitative estimate of drug-likeness (QED) is 0.279. The number of rotatable bonds is 0. The fraction of sp³-hybridized carbons (Fsp3) is 0.750. The summed E-state index contributed by atoms with van der Waals surface area (Å²) in [7, 11) is 0. The largest absolute Gasteiger partial charge is 0.503 e. The Hall–Kier alpha value is -1.54. The van der Waals surface area contributed by atoms with Gasteiger partial charge in [-0.25, -0.2) is 9.59 Å². The Morgan fingerprint density at radius 1 is 0.562 bits per heavy atom. The van der Waals surface area contributed by atoms with Crippen molar-refractivity contribution in [3.63, 3.8) is 0 Å². The van der Waals surface area contributed by atoms with Crippen LogP contribution in [0.15, 0.2) is 0 Å².